The molecule has 0 amide bonds. The second-order valence-electron chi connectivity index (χ2n) is 7.99. The lowest BCUT2D eigenvalue weighted by Crippen LogP contribution is -2.07. The van der Waals surface area contributed by atoms with Gasteiger partial charge >= 0.3 is 5.97 Å². The molecule has 0 saturated carbocycles. The predicted molar refractivity (Wildman–Crippen MR) is 135 cm³/mol. The summed E-state index contributed by atoms with van der Waals surface area (Å²) in [5.41, 5.74) is 5.67. The Morgan fingerprint density at radius 3 is 2.59 bits per heavy atom. The Labute approximate surface area is 207 Å². The van der Waals surface area contributed by atoms with E-state index in [1.807, 2.05) is 62.4 Å². The monoisotopic (exact) mass is 521 g/mol. The van der Waals surface area contributed by atoms with Crippen molar-refractivity contribution in [1.29, 1.82) is 0 Å². The number of esters is 1. The Kier molecular flexibility index (Phi) is 7.17. The smallest absolute Gasteiger partial charge is 0.338 e. The van der Waals surface area contributed by atoms with Crippen LogP contribution in [0.15, 0.2) is 77.3 Å². The van der Waals surface area contributed by atoms with Crippen molar-refractivity contribution in [1.82, 2.24) is 4.57 Å². The van der Waals surface area contributed by atoms with Crippen LogP contribution in [0.2, 0.25) is 0 Å². The summed E-state index contributed by atoms with van der Waals surface area (Å²) in [6, 6.07) is 22.3. The van der Waals surface area contributed by atoms with Gasteiger partial charge in [-0.1, -0.05) is 39.7 Å². The fourth-order valence-electron chi connectivity index (χ4n) is 3.84. The van der Waals surface area contributed by atoms with Crippen molar-refractivity contribution in [3.8, 4) is 22.7 Å². The van der Waals surface area contributed by atoms with Crippen LogP contribution in [0.1, 0.15) is 34.1 Å². The molecule has 0 aliphatic heterocycles. The molecule has 0 N–H and O–H groups in total. The van der Waals surface area contributed by atoms with Gasteiger partial charge < -0.3 is 14.0 Å². The average molecular weight is 522 g/mol. The van der Waals surface area contributed by atoms with Crippen LogP contribution >= 0.6 is 15.9 Å². The van der Waals surface area contributed by atoms with Crippen LogP contribution in [0, 0.1) is 19.7 Å². The first kappa shape index (κ1) is 23.8. The van der Waals surface area contributed by atoms with E-state index in [1.54, 1.807) is 25.1 Å². The predicted octanol–water partition coefficient (Wildman–Crippen LogP) is 7.42. The standard InChI is InChI=1S/C28H25BrFNO3/c1-4-33-28(32)20-6-5-7-23(15-20)31-19(3)9-12-26(31)24-14-18(2)8-13-27(24)34-17-21-10-11-22(29)16-25(21)30/h5-16H,4,17H2,1-3H3. The van der Waals surface area contributed by atoms with E-state index in [0.717, 1.165) is 28.2 Å². The Bertz CT molecular complexity index is 1350. The topological polar surface area (TPSA) is 40.5 Å². The van der Waals surface area contributed by atoms with Crippen molar-refractivity contribution in [3.05, 3.63) is 105 Å². The minimum absolute atomic E-state index is 0.104. The average Bonchev–Trinajstić information content (AvgIpc) is 3.20. The molecule has 4 aromatic rings. The van der Waals surface area contributed by atoms with Crippen LogP contribution in [-0.2, 0) is 11.3 Å². The molecule has 0 fully saturated rings. The van der Waals surface area contributed by atoms with E-state index < -0.39 is 0 Å². The summed E-state index contributed by atoms with van der Waals surface area (Å²) >= 11 is 3.28. The molecule has 0 spiro atoms. The third-order valence-corrected chi connectivity index (χ3v) is 5.99. The first-order chi connectivity index (χ1) is 16.4. The number of nitrogens with zero attached hydrogens (tertiary/aromatic N) is 1. The molecule has 174 valence electrons. The maximum Gasteiger partial charge on any atom is 0.338 e. The SMILES string of the molecule is CCOC(=O)c1cccc(-n2c(C)ccc2-c2cc(C)ccc2OCc2ccc(Br)cc2F)c1. The van der Waals surface area contributed by atoms with Crippen LogP contribution < -0.4 is 4.74 Å². The van der Waals surface area contributed by atoms with Gasteiger partial charge in [0.25, 0.3) is 0 Å². The number of halogens is 2. The molecule has 0 saturated heterocycles. The largest absolute Gasteiger partial charge is 0.488 e. The Hall–Kier alpha value is -3.38. The van der Waals surface area contributed by atoms with Crippen molar-refractivity contribution in [2.24, 2.45) is 0 Å². The molecule has 1 aromatic heterocycles. The third kappa shape index (κ3) is 5.07. The van der Waals surface area contributed by atoms with E-state index in [0.29, 0.717) is 28.0 Å². The highest BCUT2D eigenvalue weighted by Crippen LogP contribution is 2.35. The molecular weight excluding hydrogens is 497 g/mol. The van der Waals surface area contributed by atoms with Crippen LogP contribution in [-0.4, -0.2) is 17.1 Å². The number of aromatic nitrogens is 1. The Morgan fingerprint density at radius 1 is 1.00 bits per heavy atom. The summed E-state index contributed by atoms with van der Waals surface area (Å²) in [5, 5.41) is 0. The maximum atomic E-state index is 14.3. The van der Waals surface area contributed by atoms with Gasteiger partial charge in [0, 0.05) is 27.0 Å². The molecule has 34 heavy (non-hydrogen) atoms. The highest BCUT2D eigenvalue weighted by molar-refractivity contribution is 9.10. The molecule has 6 heteroatoms. The number of ether oxygens (including phenoxy) is 2. The van der Waals surface area contributed by atoms with E-state index in [-0.39, 0.29) is 18.4 Å². The van der Waals surface area contributed by atoms with Crippen LogP contribution in [0.4, 0.5) is 4.39 Å². The highest BCUT2D eigenvalue weighted by atomic mass is 79.9. The lowest BCUT2D eigenvalue weighted by molar-refractivity contribution is 0.0526. The van der Waals surface area contributed by atoms with Gasteiger partial charge in [-0.05, 0) is 75.4 Å². The molecule has 0 aliphatic rings. The molecule has 0 radical (unpaired) electrons. The van der Waals surface area contributed by atoms with Gasteiger partial charge in [0.2, 0.25) is 0 Å². The summed E-state index contributed by atoms with van der Waals surface area (Å²) < 4.78 is 28.4. The van der Waals surface area contributed by atoms with Crippen LogP contribution in [0.25, 0.3) is 16.9 Å². The minimum Gasteiger partial charge on any atom is -0.488 e. The second-order valence-corrected chi connectivity index (χ2v) is 8.91. The third-order valence-electron chi connectivity index (χ3n) is 5.50. The van der Waals surface area contributed by atoms with Crippen molar-refractivity contribution >= 4 is 21.9 Å². The summed E-state index contributed by atoms with van der Waals surface area (Å²) in [7, 11) is 0. The number of benzene rings is 3. The van der Waals surface area contributed by atoms with E-state index in [2.05, 4.69) is 20.5 Å². The van der Waals surface area contributed by atoms with E-state index in [1.165, 1.54) is 6.07 Å². The first-order valence-electron chi connectivity index (χ1n) is 11.0. The molecular formula is C28H25BrFNO3. The maximum absolute atomic E-state index is 14.3. The zero-order valence-electron chi connectivity index (χ0n) is 19.3. The van der Waals surface area contributed by atoms with Gasteiger partial charge in [-0.3, -0.25) is 0 Å². The molecule has 1 heterocycles. The van der Waals surface area contributed by atoms with Gasteiger partial charge in [0.05, 0.1) is 17.9 Å². The Morgan fingerprint density at radius 2 is 1.82 bits per heavy atom. The van der Waals surface area contributed by atoms with Gasteiger partial charge in [0.1, 0.15) is 18.2 Å². The van der Waals surface area contributed by atoms with Crippen molar-refractivity contribution in [2.75, 3.05) is 6.61 Å². The van der Waals surface area contributed by atoms with E-state index in [4.69, 9.17) is 9.47 Å². The summed E-state index contributed by atoms with van der Waals surface area (Å²) in [6.45, 7) is 6.24. The normalized spacial score (nSPS) is 10.9. The summed E-state index contributed by atoms with van der Waals surface area (Å²) in [5.74, 6) is -0.0290. The fourth-order valence-corrected chi connectivity index (χ4v) is 4.18. The zero-order valence-corrected chi connectivity index (χ0v) is 20.9. The quantitative estimate of drug-likeness (QED) is 0.237. The molecule has 4 rings (SSSR count). The molecule has 0 unspecified atom stereocenters. The van der Waals surface area contributed by atoms with Crippen LogP contribution in [0.3, 0.4) is 0 Å². The van der Waals surface area contributed by atoms with Crippen LogP contribution in [0.5, 0.6) is 5.75 Å². The Balaban J connectivity index is 1.73. The second kappa shape index (κ2) is 10.3. The molecule has 0 bridgehead atoms. The first-order valence-corrected chi connectivity index (χ1v) is 11.8. The number of carbonyl (C=O) groups excluding carboxylic acids is 1. The fraction of sp³-hybridized carbons (Fsp3) is 0.179. The number of aryl methyl sites for hydroxylation is 2. The van der Waals surface area contributed by atoms with Gasteiger partial charge in [-0.2, -0.15) is 0 Å². The van der Waals surface area contributed by atoms with E-state index >= 15 is 0 Å². The van der Waals surface area contributed by atoms with E-state index in [9.17, 15) is 9.18 Å². The molecule has 3 aromatic carbocycles. The van der Waals surface area contributed by atoms with Gasteiger partial charge in [-0.15, -0.1) is 0 Å². The number of rotatable bonds is 7. The number of hydrogen-bond donors (Lipinski definition) is 0. The molecule has 0 atom stereocenters. The highest BCUT2D eigenvalue weighted by Gasteiger charge is 2.16. The molecule has 4 nitrogen and oxygen atoms in total. The van der Waals surface area contributed by atoms with Gasteiger partial charge in [-0.25, -0.2) is 9.18 Å². The number of hydrogen-bond acceptors (Lipinski definition) is 3. The summed E-state index contributed by atoms with van der Waals surface area (Å²) in [4.78, 5) is 12.3. The zero-order chi connectivity index (χ0) is 24.2. The lowest BCUT2D eigenvalue weighted by atomic mass is 10.1. The minimum atomic E-state index is -0.355. The van der Waals surface area contributed by atoms with Crippen molar-refractivity contribution in [2.45, 2.75) is 27.4 Å². The van der Waals surface area contributed by atoms with Gasteiger partial charge in [0.15, 0.2) is 0 Å². The van der Waals surface area contributed by atoms with Crippen molar-refractivity contribution in [3.63, 3.8) is 0 Å². The number of carbonyl (C=O) groups is 1. The summed E-state index contributed by atoms with van der Waals surface area (Å²) in [6.07, 6.45) is 0. The molecule has 0 aliphatic carbocycles. The lowest BCUT2D eigenvalue weighted by Gasteiger charge is -2.17. The van der Waals surface area contributed by atoms with Crippen molar-refractivity contribution < 1.29 is 18.7 Å².